The van der Waals surface area contributed by atoms with Gasteiger partial charge in [0.1, 0.15) is 0 Å². The van der Waals surface area contributed by atoms with Crippen molar-refractivity contribution in [2.24, 2.45) is 16.8 Å². The molecule has 0 aliphatic carbocycles. The highest BCUT2D eigenvalue weighted by Gasteiger charge is 2.09. The Kier molecular flexibility index (Phi) is 4.20. The van der Waals surface area contributed by atoms with Crippen LogP contribution in [0.5, 0.6) is 0 Å². The van der Waals surface area contributed by atoms with Gasteiger partial charge in [-0.15, -0.1) is 0 Å². The monoisotopic (exact) mass is 179 g/mol. The molecule has 1 aliphatic heterocycles. The molecular weight excluding hydrogens is 158 g/mol. The van der Waals surface area contributed by atoms with Crippen molar-refractivity contribution in [1.82, 2.24) is 0 Å². The molecule has 0 fully saturated rings. The Morgan fingerprint density at radius 1 is 1.31 bits per heavy atom. The molecule has 0 N–H and O–H groups in total. The summed E-state index contributed by atoms with van der Waals surface area (Å²) in [5, 5.41) is 0. The largest absolute Gasteiger partial charge is 0.293 e. The Hall–Kier alpha value is -0.590. The lowest BCUT2D eigenvalue weighted by molar-refractivity contribution is 0.495. The minimum absolute atomic E-state index is 0.700. The van der Waals surface area contributed by atoms with Crippen LogP contribution in [0.1, 0.15) is 40.0 Å². The van der Waals surface area contributed by atoms with E-state index >= 15 is 0 Å². The molecule has 13 heavy (non-hydrogen) atoms. The first-order chi connectivity index (χ1) is 6.20. The number of hydrogen-bond acceptors (Lipinski definition) is 1. The number of hydrogen-bond donors (Lipinski definition) is 0. The first-order valence-electron chi connectivity index (χ1n) is 5.40. The third-order valence-electron chi connectivity index (χ3n) is 2.62. The molecule has 0 amide bonds. The third kappa shape index (κ3) is 3.75. The van der Waals surface area contributed by atoms with Crippen LogP contribution >= 0.6 is 0 Å². The lowest BCUT2D eigenvalue weighted by atomic mass is 9.92. The fourth-order valence-electron chi connectivity index (χ4n) is 1.61. The van der Waals surface area contributed by atoms with Gasteiger partial charge in [-0.25, -0.2) is 0 Å². The molecule has 1 heterocycles. The normalized spacial score (nSPS) is 18.9. The average molecular weight is 179 g/mol. The quantitative estimate of drug-likeness (QED) is 0.626. The van der Waals surface area contributed by atoms with Gasteiger partial charge in [-0.1, -0.05) is 33.3 Å². The van der Waals surface area contributed by atoms with Crippen molar-refractivity contribution in [3.63, 3.8) is 0 Å². The second kappa shape index (κ2) is 5.21. The minimum atomic E-state index is 0.700. The van der Waals surface area contributed by atoms with E-state index in [0.717, 1.165) is 18.9 Å². The van der Waals surface area contributed by atoms with Crippen LogP contribution in [0.3, 0.4) is 0 Å². The van der Waals surface area contributed by atoms with Crippen molar-refractivity contribution < 1.29 is 0 Å². The summed E-state index contributed by atoms with van der Waals surface area (Å²) >= 11 is 0. The molecule has 0 aromatic carbocycles. The van der Waals surface area contributed by atoms with Crippen LogP contribution in [-0.2, 0) is 0 Å². The van der Waals surface area contributed by atoms with Crippen LogP contribution < -0.4 is 0 Å². The zero-order valence-electron chi connectivity index (χ0n) is 9.09. The van der Waals surface area contributed by atoms with Crippen LogP contribution in [0.2, 0.25) is 0 Å². The van der Waals surface area contributed by atoms with Crippen molar-refractivity contribution in [1.29, 1.82) is 0 Å². The maximum absolute atomic E-state index is 4.31. The molecule has 0 aromatic heterocycles. The van der Waals surface area contributed by atoms with E-state index in [0.29, 0.717) is 5.92 Å². The Balaban J connectivity index is 2.34. The fraction of sp³-hybridized carbons (Fsp3) is 0.750. The van der Waals surface area contributed by atoms with Crippen molar-refractivity contribution in [2.45, 2.75) is 40.0 Å². The van der Waals surface area contributed by atoms with Crippen molar-refractivity contribution in [2.75, 3.05) is 6.54 Å². The molecule has 1 unspecified atom stereocenters. The van der Waals surface area contributed by atoms with Gasteiger partial charge in [-0.3, -0.25) is 4.99 Å². The number of nitrogens with zero attached hydrogens (tertiary/aromatic N) is 1. The van der Waals surface area contributed by atoms with Gasteiger partial charge in [-0.05, 0) is 30.3 Å². The lowest BCUT2D eigenvalue weighted by Gasteiger charge is -2.15. The highest BCUT2D eigenvalue weighted by molar-refractivity contribution is 5.79. The van der Waals surface area contributed by atoms with Crippen LogP contribution in [0, 0.1) is 11.8 Å². The van der Waals surface area contributed by atoms with Crippen molar-refractivity contribution >= 4 is 6.21 Å². The maximum atomic E-state index is 4.31. The predicted molar refractivity (Wildman–Crippen MR) is 59.3 cm³/mol. The molecule has 0 saturated heterocycles. The third-order valence-corrected chi connectivity index (χ3v) is 2.62. The summed E-state index contributed by atoms with van der Waals surface area (Å²) in [4.78, 5) is 4.31. The predicted octanol–water partition coefficient (Wildman–Crippen LogP) is 3.46. The average Bonchev–Trinajstić information content (AvgIpc) is 2.15. The minimum Gasteiger partial charge on any atom is -0.293 e. The van der Waals surface area contributed by atoms with Gasteiger partial charge in [-0.2, -0.15) is 0 Å². The van der Waals surface area contributed by atoms with Crippen molar-refractivity contribution in [3.05, 3.63) is 11.6 Å². The summed E-state index contributed by atoms with van der Waals surface area (Å²) in [6.45, 7) is 7.87. The number of aliphatic imine (C=N–C) groups is 1. The zero-order chi connectivity index (χ0) is 9.68. The van der Waals surface area contributed by atoms with Gasteiger partial charge in [0.15, 0.2) is 0 Å². The Bertz CT molecular complexity index is 201. The van der Waals surface area contributed by atoms with E-state index in [9.17, 15) is 0 Å². The van der Waals surface area contributed by atoms with Gasteiger partial charge in [0.2, 0.25) is 0 Å². The van der Waals surface area contributed by atoms with Crippen LogP contribution in [-0.4, -0.2) is 12.8 Å². The zero-order valence-corrected chi connectivity index (χ0v) is 9.09. The maximum Gasteiger partial charge on any atom is 0.0424 e. The highest BCUT2D eigenvalue weighted by Crippen LogP contribution is 2.20. The summed E-state index contributed by atoms with van der Waals surface area (Å²) in [6.07, 6.45) is 8.17. The molecule has 0 saturated carbocycles. The molecule has 1 heteroatoms. The second-order valence-electron chi connectivity index (χ2n) is 4.40. The summed E-state index contributed by atoms with van der Waals surface area (Å²) in [7, 11) is 0. The summed E-state index contributed by atoms with van der Waals surface area (Å²) in [6, 6.07) is 0. The van der Waals surface area contributed by atoms with E-state index < -0.39 is 0 Å². The molecule has 1 atom stereocenters. The van der Waals surface area contributed by atoms with E-state index in [1.807, 2.05) is 0 Å². The number of dihydropyridines is 1. The molecule has 1 nitrogen and oxygen atoms in total. The van der Waals surface area contributed by atoms with Crippen LogP contribution in [0.15, 0.2) is 16.6 Å². The summed E-state index contributed by atoms with van der Waals surface area (Å²) in [5.74, 6) is 1.52. The van der Waals surface area contributed by atoms with E-state index in [2.05, 4.69) is 38.1 Å². The molecule has 1 aliphatic rings. The van der Waals surface area contributed by atoms with Gasteiger partial charge < -0.3 is 0 Å². The summed E-state index contributed by atoms with van der Waals surface area (Å²) < 4.78 is 0. The van der Waals surface area contributed by atoms with Crippen LogP contribution in [0.25, 0.3) is 0 Å². The molecule has 74 valence electrons. The van der Waals surface area contributed by atoms with Gasteiger partial charge >= 0.3 is 0 Å². The molecule has 0 bridgehead atoms. The molecule has 0 aromatic rings. The van der Waals surface area contributed by atoms with Gasteiger partial charge in [0.05, 0.1) is 0 Å². The number of allylic oxidation sites excluding steroid dienone is 1. The molecular formula is C12H21N. The smallest absolute Gasteiger partial charge is 0.0424 e. The molecule has 1 rings (SSSR count). The Morgan fingerprint density at radius 2 is 2.08 bits per heavy atom. The van der Waals surface area contributed by atoms with E-state index in [4.69, 9.17) is 0 Å². The molecule has 0 radical (unpaired) electrons. The first kappa shape index (κ1) is 10.5. The van der Waals surface area contributed by atoms with Crippen molar-refractivity contribution in [3.8, 4) is 0 Å². The second-order valence-corrected chi connectivity index (χ2v) is 4.40. The van der Waals surface area contributed by atoms with Gasteiger partial charge in [0.25, 0.3) is 0 Å². The van der Waals surface area contributed by atoms with E-state index in [-0.39, 0.29) is 0 Å². The SMILES string of the molecule is CC(C)CCC(C)C1=CCCN=C1. The van der Waals surface area contributed by atoms with E-state index in [1.54, 1.807) is 0 Å². The van der Waals surface area contributed by atoms with E-state index in [1.165, 1.54) is 18.4 Å². The molecule has 0 spiro atoms. The number of rotatable bonds is 4. The Labute approximate surface area is 82.0 Å². The fourth-order valence-corrected chi connectivity index (χ4v) is 1.61. The van der Waals surface area contributed by atoms with Crippen LogP contribution in [0.4, 0.5) is 0 Å². The van der Waals surface area contributed by atoms with Gasteiger partial charge in [0, 0.05) is 12.8 Å². The summed E-state index contributed by atoms with van der Waals surface area (Å²) in [5.41, 5.74) is 1.45. The highest BCUT2D eigenvalue weighted by atomic mass is 14.7. The lowest BCUT2D eigenvalue weighted by Crippen LogP contribution is -2.06. The topological polar surface area (TPSA) is 12.4 Å². The standard InChI is InChI=1S/C12H21N/c1-10(2)6-7-11(3)12-5-4-8-13-9-12/h5,9-11H,4,6-8H2,1-3H3. The first-order valence-corrected chi connectivity index (χ1v) is 5.40. The Morgan fingerprint density at radius 3 is 2.62 bits per heavy atom.